The molecule has 23 heavy (non-hydrogen) atoms. The zero-order valence-corrected chi connectivity index (χ0v) is 12.4. The molecule has 1 aliphatic rings. The van der Waals surface area contributed by atoms with Crippen LogP contribution in [0, 0.1) is 0 Å². The summed E-state index contributed by atoms with van der Waals surface area (Å²) in [6.07, 6.45) is 2.35. The van der Waals surface area contributed by atoms with E-state index in [4.69, 9.17) is 14.4 Å². The van der Waals surface area contributed by atoms with Gasteiger partial charge in [-0.05, 0) is 11.6 Å². The minimum absolute atomic E-state index is 0.0204. The summed E-state index contributed by atoms with van der Waals surface area (Å²) in [5.41, 5.74) is 0. The Labute approximate surface area is 132 Å². The molecular formula is C13H19N5O5. The van der Waals surface area contributed by atoms with E-state index >= 15 is 0 Å². The molecule has 0 saturated carbocycles. The van der Waals surface area contributed by atoms with Gasteiger partial charge in [-0.3, -0.25) is 25.2 Å². The van der Waals surface area contributed by atoms with E-state index in [0.29, 0.717) is 6.61 Å². The summed E-state index contributed by atoms with van der Waals surface area (Å²) in [6.45, 7) is 1.92. The Morgan fingerprint density at radius 3 is 3.09 bits per heavy atom. The predicted octanol–water partition coefficient (Wildman–Crippen LogP) is -0.805. The highest BCUT2D eigenvalue weighted by atomic mass is 16.5. The van der Waals surface area contributed by atoms with Gasteiger partial charge in [0.05, 0.1) is 19.1 Å². The van der Waals surface area contributed by atoms with Crippen LogP contribution in [0.1, 0.15) is 23.4 Å². The van der Waals surface area contributed by atoms with Crippen molar-refractivity contribution in [3.8, 4) is 5.88 Å². The number of carboxylic acid groups (broad SMARTS) is 1. The molecule has 0 fully saturated rings. The summed E-state index contributed by atoms with van der Waals surface area (Å²) in [5, 5.41) is 20.8. The summed E-state index contributed by atoms with van der Waals surface area (Å²) in [4.78, 5) is 26.1. The topological polar surface area (TPSA) is 138 Å². The van der Waals surface area contributed by atoms with E-state index in [1.807, 2.05) is 6.21 Å². The molecule has 2 heterocycles. The fraction of sp³-hybridized carbons (Fsp3) is 0.538. The lowest BCUT2D eigenvalue weighted by Gasteiger charge is -2.09. The Morgan fingerprint density at radius 2 is 2.35 bits per heavy atom. The molecule has 4 N–H and O–H groups in total. The number of aromatic nitrogens is 1. The van der Waals surface area contributed by atoms with Crippen LogP contribution in [0.25, 0.3) is 0 Å². The first-order valence-electron chi connectivity index (χ1n) is 7.23. The molecule has 1 amide bonds. The minimum atomic E-state index is -0.987. The van der Waals surface area contributed by atoms with Gasteiger partial charge in [-0.15, -0.1) is 0 Å². The first kappa shape index (κ1) is 16.9. The van der Waals surface area contributed by atoms with Crippen molar-refractivity contribution in [2.24, 2.45) is 4.99 Å². The number of rotatable bonds is 10. The number of hydrogen-bond donors (Lipinski definition) is 4. The third kappa shape index (κ3) is 6.04. The number of hydrogen-bond acceptors (Lipinski definition) is 8. The number of aliphatic imine (C=N–C) groups is 1. The van der Waals surface area contributed by atoms with E-state index in [0.717, 1.165) is 19.5 Å². The molecule has 0 aliphatic carbocycles. The Balaban J connectivity index is 1.61. The number of amides is 1. The molecule has 0 saturated heterocycles. The lowest BCUT2D eigenvalue weighted by atomic mass is 10.4. The Morgan fingerprint density at radius 1 is 1.48 bits per heavy atom. The second-order valence-electron chi connectivity index (χ2n) is 4.73. The number of carbonyl (C=O) groups is 2. The van der Waals surface area contributed by atoms with Crippen LogP contribution in [-0.2, 0) is 4.79 Å². The molecule has 1 atom stereocenters. The van der Waals surface area contributed by atoms with E-state index in [9.17, 15) is 9.59 Å². The van der Waals surface area contributed by atoms with Gasteiger partial charge in [-0.2, -0.15) is 0 Å². The van der Waals surface area contributed by atoms with E-state index in [1.165, 1.54) is 6.07 Å². The third-order valence-corrected chi connectivity index (χ3v) is 2.90. The number of aliphatic carboxylic acids is 1. The highest BCUT2D eigenvalue weighted by molar-refractivity contribution is 5.91. The van der Waals surface area contributed by atoms with Gasteiger partial charge >= 0.3 is 5.97 Å². The SMILES string of the molecule is O=C(O)CCNC(=O)c1cc(OCCCNC2N=CCN2)no1. The van der Waals surface area contributed by atoms with Gasteiger partial charge in [0, 0.05) is 25.8 Å². The zero-order chi connectivity index (χ0) is 16.5. The molecule has 0 radical (unpaired) electrons. The van der Waals surface area contributed by atoms with E-state index < -0.39 is 11.9 Å². The molecule has 126 valence electrons. The molecule has 10 nitrogen and oxygen atoms in total. The van der Waals surface area contributed by atoms with E-state index in [-0.39, 0.29) is 30.9 Å². The highest BCUT2D eigenvalue weighted by Crippen LogP contribution is 2.11. The maximum absolute atomic E-state index is 11.6. The van der Waals surface area contributed by atoms with Crippen molar-refractivity contribution in [1.29, 1.82) is 0 Å². The minimum Gasteiger partial charge on any atom is -0.481 e. The van der Waals surface area contributed by atoms with Crippen molar-refractivity contribution in [2.75, 3.05) is 26.2 Å². The molecular weight excluding hydrogens is 306 g/mol. The molecule has 10 heteroatoms. The van der Waals surface area contributed by atoms with E-state index in [2.05, 4.69) is 26.1 Å². The maximum Gasteiger partial charge on any atom is 0.305 e. The monoisotopic (exact) mass is 325 g/mol. The molecule has 0 aromatic carbocycles. The van der Waals surface area contributed by atoms with Gasteiger partial charge < -0.3 is 19.7 Å². The smallest absolute Gasteiger partial charge is 0.305 e. The molecule has 2 rings (SSSR count). The first-order valence-corrected chi connectivity index (χ1v) is 7.23. The van der Waals surface area contributed by atoms with Crippen molar-refractivity contribution in [3.05, 3.63) is 11.8 Å². The standard InChI is InChI=1S/C13H19N5O5/c19-11(20)2-4-14-12(21)9-8-10(18-23-9)22-7-1-3-15-13-16-5-6-17-13/h5,8,13,15,17H,1-4,6-7H2,(H,14,21)(H,19,20). The summed E-state index contributed by atoms with van der Waals surface area (Å²) in [6, 6.07) is 1.37. The second-order valence-corrected chi connectivity index (χ2v) is 4.73. The lowest BCUT2D eigenvalue weighted by Crippen LogP contribution is -2.38. The van der Waals surface area contributed by atoms with Crippen LogP contribution in [-0.4, -0.2) is 60.9 Å². The highest BCUT2D eigenvalue weighted by Gasteiger charge is 2.14. The number of nitrogens with zero attached hydrogens (tertiary/aromatic N) is 2. The van der Waals surface area contributed by atoms with Crippen LogP contribution in [0.5, 0.6) is 5.88 Å². The van der Waals surface area contributed by atoms with Crippen LogP contribution in [0.3, 0.4) is 0 Å². The van der Waals surface area contributed by atoms with Crippen LogP contribution >= 0.6 is 0 Å². The van der Waals surface area contributed by atoms with Gasteiger partial charge in [0.1, 0.15) is 0 Å². The van der Waals surface area contributed by atoms with E-state index in [1.54, 1.807) is 0 Å². The first-order chi connectivity index (χ1) is 11.1. The molecule has 1 aliphatic heterocycles. The van der Waals surface area contributed by atoms with Gasteiger partial charge in [0.2, 0.25) is 5.76 Å². The average Bonchev–Trinajstić information content (AvgIpc) is 3.17. The lowest BCUT2D eigenvalue weighted by molar-refractivity contribution is -0.136. The summed E-state index contributed by atoms with van der Waals surface area (Å²) in [7, 11) is 0. The van der Waals surface area contributed by atoms with Gasteiger partial charge in [-0.1, -0.05) is 0 Å². The molecule has 0 bridgehead atoms. The maximum atomic E-state index is 11.6. The molecule has 0 spiro atoms. The fourth-order valence-electron chi connectivity index (χ4n) is 1.79. The molecule has 1 aromatic rings. The number of ether oxygens (including phenoxy) is 1. The van der Waals surface area contributed by atoms with Gasteiger partial charge in [0.15, 0.2) is 6.29 Å². The summed E-state index contributed by atoms with van der Waals surface area (Å²) in [5.74, 6) is -1.32. The largest absolute Gasteiger partial charge is 0.481 e. The average molecular weight is 325 g/mol. The summed E-state index contributed by atoms with van der Waals surface area (Å²) >= 11 is 0. The van der Waals surface area contributed by atoms with Gasteiger partial charge in [-0.25, -0.2) is 0 Å². The molecule has 1 unspecified atom stereocenters. The van der Waals surface area contributed by atoms with Gasteiger partial charge in [0.25, 0.3) is 11.8 Å². The second kappa shape index (κ2) is 8.86. The van der Waals surface area contributed by atoms with Crippen molar-refractivity contribution >= 4 is 18.1 Å². The fourth-order valence-corrected chi connectivity index (χ4v) is 1.79. The predicted molar refractivity (Wildman–Crippen MR) is 79.5 cm³/mol. The Hall–Kier alpha value is -2.46. The van der Waals surface area contributed by atoms with Crippen LogP contribution in [0.2, 0.25) is 0 Å². The Bertz CT molecular complexity index is 559. The third-order valence-electron chi connectivity index (χ3n) is 2.90. The van der Waals surface area contributed by atoms with Crippen LogP contribution in [0.15, 0.2) is 15.6 Å². The summed E-state index contributed by atoms with van der Waals surface area (Å²) < 4.78 is 10.2. The van der Waals surface area contributed by atoms with Crippen molar-refractivity contribution in [2.45, 2.75) is 19.1 Å². The number of carboxylic acids is 1. The molecule has 1 aromatic heterocycles. The Kier molecular flexibility index (Phi) is 6.51. The van der Waals surface area contributed by atoms with Crippen LogP contribution in [0.4, 0.5) is 0 Å². The van der Waals surface area contributed by atoms with Crippen molar-refractivity contribution < 1.29 is 24.0 Å². The zero-order valence-electron chi connectivity index (χ0n) is 12.4. The van der Waals surface area contributed by atoms with Crippen molar-refractivity contribution in [1.82, 2.24) is 21.1 Å². The van der Waals surface area contributed by atoms with Crippen molar-refractivity contribution in [3.63, 3.8) is 0 Å². The quantitative estimate of drug-likeness (QED) is 0.410. The number of nitrogens with one attached hydrogen (secondary N) is 3. The normalized spacial score (nSPS) is 16.4. The van der Waals surface area contributed by atoms with Crippen LogP contribution < -0.4 is 20.7 Å². The number of carbonyl (C=O) groups excluding carboxylic acids is 1.